The number of halogens is 1. The fourth-order valence-corrected chi connectivity index (χ4v) is 1.40. The van der Waals surface area contributed by atoms with Gasteiger partial charge in [0.05, 0.1) is 12.8 Å². The lowest BCUT2D eigenvalue weighted by atomic mass is 10.4. The molecule has 7 heteroatoms. The SMILES string of the molecule is O=c1[nH]c(=O)n([C@H]2C=C[C@@H](CO)O2)cc1F. The monoisotopic (exact) mass is 228 g/mol. The summed E-state index contributed by atoms with van der Waals surface area (Å²) in [5.41, 5.74) is -1.83. The lowest BCUT2D eigenvalue weighted by molar-refractivity contribution is -0.0108. The third kappa shape index (κ3) is 1.82. The van der Waals surface area contributed by atoms with E-state index >= 15 is 0 Å². The van der Waals surface area contributed by atoms with E-state index in [4.69, 9.17) is 9.84 Å². The van der Waals surface area contributed by atoms with Gasteiger partial charge in [0.2, 0.25) is 5.82 Å². The van der Waals surface area contributed by atoms with E-state index in [0.29, 0.717) is 0 Å². The summed E-state index contributed by atoms with van der Waals surface area (Å²) in [6.45, 7) is -0.229. The number of aromatic amines is 1. The van der Waals surface area contributed by atoms with Crippen molar-refractivity contribution in [1.82, 2.24) is 9.55 Å². The predicted octanol–water partition coefficient (Wildman–Crippen LogP) is -0.878. The Kier molecular flexibility index (Phi) is 2.71. The Morgan fingerprint density at radius 1 is 1.50 bits per heavy atom. The number of ether oxygens (including phenoxy) is 1. The highest BCUT2D eigenvalue weighted by molar-refractivity contribution is 5.02. The van der Waals surface area contributed by atoms with E-state index in [0.717, 1.165) is 10.8 Å². The standard InChI is InChI=1S/C9H9FN2O4/c10-6-3-12(9(15)11-8(6)14)7-2-1-5(4-13)16-7/h1-3,5,7,13H,4H2,(H,11,14,15)/t5-,7+/m0/s1. The number of nitrogens with one attached hydrogen (secondary N) is 1. The van der Waals surface area contributed by atoms with Crippen LogP contribution in [0.5, 0.6) is 0 Å². The smallest absolute Gasteiger partial charge is 0.330 e. The summed E-state index contributed by atoms with van der Waals surface area (Å²) >= 11 is 0. The number of aliphatic hydroxyl groups is 1. The predicted molar refractivity (Wildman–Crippen MR) is 51.4 cm³/mol. The Morgan fingerprint density at radius 3 is 2.88 bits per heavy atom. The van der Waals surface area contributed by atoms with Gasteiger partial charge >= 0.3 is 5.69 Å². The zero-order chi connectivity index (χ0) is 11.7. The molecule has 1 aliphatic heterocycles. The van der Waals surface area contributed by atoms with Crippen LogP contribution < -0.4 is 11.2 Å². The Labute approximate surface area is 88.6 Å². The van der Waals surface area contributed by atoms with Gasteiger partial charge in [-0.15, -0.1) is 0 Å². The van der Waals surface area contributed by atoms with E-state index in [2.05, 4.69) is 0 Å². The number of hydrogen-bond donors (Lipinski definition) is 2. The normalized spacial score (nSPS) is 23.9. The molecule has 0 unspecified atom stereocenters. The van der Waals surface area contributed by atoms with Gasteiger partial charge in [0.25, 0.3) is 5.56 Å². The molecule has 0 saturated heterocycles. The summed E-state index contributed by atoms with van der Waals surface area (Å²) < 4.78 is 19.1. The third-order valence-corrected chi connectivity index (χ3v) is 2.18. The van der Waals surface area contributed by atoms with Crippen LogP contribution in [0.1, 0.15) is 6.23 Å². The molecule has 1 aliphatic rings. The Balaban J connectivity index is 2.36. The van der Waals surface area contributed by atoms with Crippen molar-refractivity contribution < 1.29 is 14.2 Å². The largest absolute Gasteiger partial charge is 0.393 e. The maximum Gasteiger partial charge on any atom is 0.330 e. The van der Waals surface area contributed by atoms with Gasteiger partial charge in [0.1, 0.15) is 6.10 Å². The molecule has 2 N–H and O–H groups in total. The summed E-state index contributed by atoms with van der Waals surface area (Å²) in [5.74, 6) is -1.07. The molecule has 2 rings (SSSR count). The molecular weight excluding hydrogens is 219 g/mol. The van der Waals surface area contributed by atoms with E-state index in [-0.39, 0.29) is 6.61 Å². The summed E-state index contributed by atoms with van der Waals surface area (Å²) in [5, 5.41) is 8.80. The highest BCUT2D eigenvalue weighted by Gasteiger charge is 2.21. The van der Waals surface area contributed by atoms with Crippen molar-refractivity contribution in [2.75, 3.05) is 6.61 Å². The van der Waals surface area contributed by atoms with Crippen molar-refractivity contribution in [3.05, 3.63) is 45.0 Å². The molecule has 1 aromatic rings. The van der Waals surface area contributed by atoms with Crippen LogP contribution in [0.3, 0.4) is 0 Å². The molecule has 0 amide bonds. The van der Waals surface area contributed by atoms with Crippen LogP contribution in [0.2, 0.25) is 0 Å². The zero-order valence-electron chi connectivity index (χ0n) is 8.09. The second-order valence-corrected chi connectivity index (χ2v) is 3.28. The molecule has 0 aromatic carbocycles. The van der Waals surface area contributed by atoms with E-state index in [9.17, 15) is 14.0 Å². The van der Waals surface area contributed by atoms with Gasteiger partial charge in [0, 0.05) is 0 Å². The second kappa shape index (κ2) is 4.03. The number of rotatable bonds is 2. The number of nitrogens with zero attached hydrogens (tertiary/aromatic N) is 1. The highest BCUT2D eigenvalue weighted by Crippen LogP contribution is 2.18. The van der Waals surface area contributed by atoms with E-state index in [1.807, 2.05) is 4.98 Å². The molecule has 2 heterocycles. The van der Waals surface area contributed by atoms with Gasteiger partial charge in [-0.25, -0.2) is 4.79 Å². The minimum Gasteiger partial charge on any atom is -0.393 e. The van der Waals surface area contributed by atoms with Crippen molar-refractivity contribution in [1.29, 1.82) is 0 Å². The first kappa shape index (κ1) is 10.8. The van der Waals surface area contributed by atoms with Gasteiger partial charge in [-0.05, 0) is 6.08 Å². The third-order valence-electron chi connectivity index (χ3n) is 2.18. The van der Waals surface area contributed by atoms with Crippen LogP contribution in [-0.4, -0.2) is 27.4 Å². The molecule has 0 fully saturated rings. The van der Waals surface area contributed by atoms with E-state index < -0.39 is 29.4 Å². The molecule has 2 atom stereocenters. The lowest BCUT2D eigenvalue weighted by Crippen LogP contribution is -2.34. The van der Waals surface area contributed by atoms with Gasteiger partial charge in [-0.2, -0.15) is 4.39 Å². The van der Waals surface area contributed by atoms with Crippen LogP contribution in [0.15, 0.2) is 27.9 Å². The van der Waals surface area contributed by atoms with Crippen molar-refractivity contribution >= 4 is 0 Å². The molecule has 0 spiro atoms. The van der Waals surface area contributed by atoms with E-state index in [1.54, 1.807) is 6.08 Å². The molecule has 0 saturated carbocycles. The minimum atomic E-state index is -1.07. The minimum absolute atomic E-state index is 0.229. The van der Waals surface area contributed by atoms with Crippen LogP contribution in [0, 0.1) is 5.82 Å². The molecular formula is C9H9FN2O4. The van der Waals surface area contributed by atoms with E-state index in [1.165, 1.54) is 6.08 Å². The topological polar surface area (TPSA) is 84.3 Å². The summed E-state index contributed by atoms with van der Waals surface area (Å²) in [6.07, 6.45) is 2.50. The Hall–Kier alpha value is -1.73. The van der Waals surface area contributed by atoms with Crippen molar-refractivity contribution in [2.24, 2.45) is 0 Å². The van der Waals surface area contributed by atoms with Gasteiger partial charge in [-0.3, -0.25) is 14.3 Å². The van der Waals surface area contributed by atoms with Crippen molar-refractivity contribution in [3.8, 4) is 0 Å². The van der Waals surface area contributed by atoms with Crippen LogP contribution in [0.4, 0.5) is 4.39 Å². The zero-order valence-corrected chi connectivity index (χ0v) is 8.09. The molecule has 0 bridgehead atoms. The molecule has 0 radical (unpaired) electrons. The van der Waals surface area contributed by atoms with Gasteiger partial charge in [-0.1, -0.05) is 6.08 Å². The maximum absolute atomic E-state index is 13.0. The Morgan fingerprint density at radius 2 is 2.25 bits per heavy atom. The number of hydrogen-bond acceptors (Lipinski definition) is 4. The molecule has 1 aromatic heterocycles. The lowest BCUT2D eigenvalue weighted by Gasteiger charge is -2.14. The van der Waals surface area contributed by atoms with Crippen molar-refractivity contribution in [2.45, 2.75) is 12.3 Å². The number of aromatic nitrogens is 2. The highest BCUT2D eigenvalue weighted by atomic mass is 19.1. The fraction of sp³-hybridized carbons (Fsp3) is 0.333. The Bertz CT molecular complexity index is 533. The van der Waals surface area contributed by atoms with Gasteiger partial charge < -0.3 is 9.84 Å². The number of H-pyrrole nitrogens is 1. The average molecular weight is 228 g/mol. The molecule has 16 heavy (non-hydrogen) atoms. The molecule has 86 valence electrons. The first-order valence-electron chi connectivity index (χ1n) is 4.57. The molecule has 0 aliphatic carbocycles. The molecule has 6 nitrogen and oxygen atoms in total. The second-order valence-electron chi connectivity index (χ2n) is 3.28. The van der Waals surface area contributed by atoms with Gasteiger partial charge in [0.15, 0.2) is 6.23 Å². The van der Waals surface area contributed by atoms with Crippen LogP contribution >= 0.6 is 0 Å². The summed E-state index contributed by atoms with van der Waals surface area (Å²) in [6, 6.07) is 0. The average Bonchev–Trinajstić information content (AvgIpc) is 2.71. The summed E-state index contributed by atoms with van der Waals surface area (Å²) in [4.78, 5) is 23.9. The number of aliphatic hydroxyl groups excluding tert-OH is 1. The van der Waals surface area contributed by atoms with Crippen molar-refractivity contribution in [3.63, 3.8) is 0 Å². The van der Waals surface area contributed by atoms with Crippen LogP contribution in [0.25, 0.3) is 0 Å². The fourth-order valence-electron chi connectivity index (χ4n) is 1.40. The maximum atomic E-state index is 13.0. The van der Waals surface area contributed by atoms with Crippen LogP contribution in [-0.2, 0) is 4.74 Å². The first-order chi connectivity index (χ1) is 7.61. The summed E-state index contributed by atoms with van der Waals surface area (Å²) in [7, 11) is 0. The first-order valence-corrected chi connectivity index (χ1v) is 4.57. The quantitative estimate of drug-likeness (QED) is 0.644.